The maximum absolute atomic E-state index is 12.7. The van der Waals surface area contributed by atoms with Crippen LogP contribution in [0.4, 0.5) is 10.5 Å². The van der Waals surface area contributed by atoms with E-state index in [9.17, 15) is 9.59 Å². The van der Waals surface area contributed by atoms with Crippen LogP contribution in [0.25, 0.3) is 0 Å². The molecule has 1 atom stereocenters. The lowest BCUT2D eigenvalue weighted by Crippen LogP contribution is -2.64. The van der Waals surface area contributed by atoms with E-state index in [1.54, 1.807) is 12.4 Å². The van der Waals surface area contributed by atoms with E-state index in [-0.39, 0.29) is 17.5 Å². The predicted octanol–water partition coefficient (Wildman–Crippen LogP) is 1.02. The van der Waals surface area contributed by atoms with E-state index in [2.05, 4.69) is 9.88 Å². The van der Waals surface area contributed by atoms with Gasteiger partial charge in [-0.2, -0.15) is 0 Å². The second-order valence-corrected chi connectivity index (χ2v) is 7.42. The Morgan fingerprint density at radius 3 is 2.68 bits per heavy atom. The van der Waals surface area contributed by atoms with Crippen molar-refractivity contribution in [3.05, 3.63) is 24.5 Å². The quantitative estimate of drug-likeness (QED) is 0.764. The van der Waals surface area contributed by atoms with Gasteiger partial charge in [-0.1, -0.05) is 0 Å². The standard InChI is InChI=1S/C18H25N5O2/c1-20-12-16(24)23(15-5-4-7-19-11-15)14-18(20)6-10-22(13-18)17(25)21-8-2-3-9-21/h4-5,7,11H,2-3,6,8-10,12-14H2,1H3/t18-/m1/s1. The highest BCUT2D eigenvalue weighted by molar-refractivity contribution is 5.95. The summed E-state index contributed by atoms with van der Waals surface area (Å²) in [6, 6.07) is 3.94. The molecule has 0 aromatic carbocycles. The minimum absolute atomic E-state index is 0.0884. The van der Waals surface area contributed by atoms with E-state index in [1.165, 1.54) is 0 Å². The van der Waals surface area contributed by atoms with Gasteiger partial charge in [-0.3, -0.25) is 14.7 Å². The zero-order chi connectivity index (χ0) is 17.4. The second-order valence-electron chi connectivity index (χ2n) is 7.42. The Hall–Kier alpha value is -2.15. The molecule has 3 aliphatic rings. The Balaban J connectivity index is 1.52. The molecule has 7 heteroatoms. The summed E-state index contributed by atoms with van der Waals surface area (Å²) in [4.78, 5) is 37.3. The van der Waals surface area contributed by atoms with Gasteiger partial charge in [0.25, 0.3) is 0 Å². The van der Waals surface area contributed by atoms with E-state index in [4.69, 9.17) is 0 Å². The smallest absolute Gasteiger partial charge is 0.320 e. The van der Waals surface area contributed by atoms with Crippen LogP contribution in [0.15, 0.2) is 24.5 Å². The highest BCUT2D eigenvalue weighted by Gasteiger charge is 2.49. The predicted molar refractivity (Wildman–Crippen MR) is 94.3 cm³/mol. The van der Waals surface area contributed by atoms with Gasteiger partial charge in [-0.05, 0) is 38.4 Å². The van der Waals surface area contributed by atoms with Crippen LogP contribution in [0.2, 0.25) is 0 Å². The summed E-state index contributed by atoms with van der Waals surface area (Å²) < 4.78 is 0. The van der Waals surface area contributed by atoms with Crippen LogP contribution in [-0.4, -0.2) is 83.5 Å². The Kier molecular flexibility index (Phi) is 4.11. The van der Waals surface area contributed by atoms with Crippen LogP contribution in [0, 0.1) is 0 Å². The van der Waals surface area contributed by atoms with Gasteiger partial charge in [-0.25, -0.2) is 4.79 Å². The fourth-order valence-corrected chi connectivity index (χ4v) is 4.28. The van der Waals surface area contributed by atoms with Crippen LogP contribution in [-0.2, 0) is 4.79 Å². The molecule has 4 heterocycles. The van der Waals surface area contributed by atoms with Gasteiger partial charge >= 0.3 is 6.03 Å². The lowest BCUT2D eigenvalue weighted by molar-refractivity contribution is -0.123. The molecular weight excluding hydrogens is 318 g/mol. The topological polar surface area (TPSA) is 60.0 Å². The molecule has 3 saturated heterocycles. The van der Waals surface area contributed by atoms with Gasteiger partial charge < -0.3 is 14.7 Å². The number of pyridine rings is 1. The first-order valence-corrected chi connectivity index (χ1v) is 9.05. The van der Waals surface area contributed by atoms with E-state index in [0.717, 1.165) is 44.6 Å². The number of urea groups is 1. The minimum atomic E-state index is -0.168. The molecule has 0 radical (unpaired) electrons. The zero-order valence-corrected chi connectivity index (χ0v) is 14.7. The average Bonchev–Trinajstić information content (AvgIpc) is 3.30. The monoisotopic (exact) mass is 343 g/mol. The number of likely N-dealkylation sites (N-methyl/N-ethyl adjacent to an activating group) is 1. The molecule has 0 N–H and O–H groups in total. The summed E-state index contributed by atoms with van der Waals surface area (Å²) in [5.74, 6) is 0.0884. The number of anilines is 1. The Labute approximate surface area is 148 Å². The third-order valence-electron chi connectivity index (χ3n) is 5.87. The van der Waals surface area contributed by atoms with Crippen molar-refractivity contribution < 1.29 is 9.59 Å². The van der Waals surface area contributed by atoms with Crippen LogP contribution in [0.3, 0.4) is 0 Å². The molecule has 3 fully saturated rings. The van der Waals surface area contributed by atoms with Gasteiger partial charge in [0.1, 0.15) is 0 Å². The molecule has 0 bridgehead atoms. The number of amides is 3. The van der Waals surface area contributed by atoms with Gasteiger partial charge in [0, 0.05) is 38.9 Å². The van der Waals surface area contributed by atoms with Crippen molar-refractivity contribution in [2.45, 2.75) is 24.8 Å². The summed E-state index contributed by atoms with van der Waals surface area (Å²) in [6.45, 7) is 4.17. The normalized spacial score (nSPS) is 27.6. The van der Waals surface area contributed by atoms with E-state index < -0.39 is 0 Å². The molecule has 1 spiro atoms. The van der Waals surface area contributed by atoms with Crippen molar-refractivity contribution in [3.63, 3.8) is 0 Å². The highest BCUT2D eigenvalue weighted by Crippen LogP contribution is 2.33. The number of carbonyl (C=O) groups is 2. The summed E-state index contributed by atoms with van der Waals surface area (Å²) in [5, 5.41) is 0. The van der Waals surface area contributed by atoms with Crippen molar-refractivity contribution >= 4 is 17.6 Å². The fourth-order valence-electron chi connectivity index (χ4n) is 4.28. The van der Waals surface area contributed by atoms with Gasteiger partial charge in [-0.15, -0.1) is 0 Å². The van der Waals surface area contributed by atoms with Crippen LogP contribution < -0.4 is 4.90 Å². The number of aromatic nitrogens is 1. The molecule has 134 valence electrons. The minimum Gasteiger partial charge on any atom is -0.325 e. The molecule has 7 nitrogen and oxygen atoms in total. The maximum atomic E-state index is 12.7. The number of piperazine rings is 1. The van der Waals surface area contributed by atoms with Crippen molar-refractivity contribution in [2.24, 2.45) is 0 Å². The summed E-state index contributed by atoms with van der Waals surface area (Å²) in [6.07, 6.45) is 6.56. The van der Waals surface area contributed by atoms with Gasteiger partial charge in [0.2, 0.25) is 5.91 Å². The molecule has 3 aliphatic heterocycles. The SMILES string of the molecule is CN1CC(=O)N(c2cccnc2)C[C@]12CCN(C(=O)N1CCCC1)C2. The van der Waals surface area contributed by atoms with Crippen molar-refractivity contribution in [2.75, 3.05) is 51.2 Å². The molecule has 3 amide bonds. The van der Waals surface area contributed by atoms with Crippen LogP contribution in [0.1, 0.15) is 19.3 Å². The van der Waals surface area contributed by atoms with Crippen molar-refractivity contribution in [1.82, 2.24) is 19.7 Å². The molecule has 4 rings (SSSR count). The third kappa shape index (κ3) is 2.86. The number of hydrogen-bond donors (Lipinski definition) is 0. The molecule has 0 saturated carbocycles. The number of nitrogens with zero attached hydrogens (tertiary/aromatic N) is 5. The lowest BCUT2D eigenvalue weighted by atomic mass is 9.92. The number of likely N-dealkylation sites (tertiary alicyclic amines) is 2. The Morgan fingerprint density at radius 1 is 1.16 bits per heavy atom. The maximum Gasteiger partial charge on any atom is 0.320 e. The second kappa shape index (κ2) is 6.29. The lowest BCUT2D eigenvalue weighted by Gasteiger charge is -2.46. The van der Waals surface area contributed by atoms with Crippen molar-refractivity contribution in [3.8, 4) is 0 Å². The van der Waals surface area contributed by atoms with Crippen LogP contribution >= 0.6 is 0 Å². The number of rotatable bonds is 1. The summed E-state index contributed by atoms with van der Waals surface area (Å²) in [5.41, 5.74) is 0.670. The van der Waals surface area contributed by atoms with Crippen LogP contribution in [0.5, 0.6) is 0 Å². The average molecular weight is 343 g/mol. The molecule has 25 heavy (non-hydrogen) atoms. The Morgan fingerprint density at radius 2 is 1.96 bits per heavy atom. The number of hydrogen-bond acceptors (Lipinski definition) is 4. The summed E-state index contributed by atoms with van der Waals surface area (Å²) in [7, 11) is 2.00. The summed E-state index contributed by atoms with van der Waals surface area (Å²) >= 11 is 0. The van der Waals surface area contributed by atoms with E-state index >= 15 is 0 Å². The molecule has 0 unspecified atom stereocenters. The largest absolute Gasteiger partial charge is 0.325 e. The zero-order valence-electron chi connectivity index (χ0n) is 14.7. The molecule has 1 aromatic heterocycles. The fraction of sp³-hybridized carbons (Fsp3) is 0.611. The van der Waals surface area contributed by atoms with Gasteiger partial charge in [0.05, 0.1) is 24.0 Å². The van der Waals surface area contributed by atoms with Crippen molar-refractivity contribution in [1.29, 1.82) is 0 Å². The third-order valence-corrected chi connectivity index (χ3v) is 5.87. The first-order valence-electron chi connectivity index (χ1n) is 9.05. The first kappa shape index (κ1) is 16.3. The van der Waals surface area contributed by atoms with E-state index in [0.29, 0.717) is 19.6 Å². The molecule has 0 aliphatic carbocycles. The molecule has 1 aromatic rings. The van der Waals surface area contributed by atoms with E-state index in [1.807, 2.05) is 33.9 Å². The first-order chi connectivity index (χ1) is 12.1. The number of carbonyl (C=O) groups excluding carboxylic acids is 2. The Bertz CT molecular complexity index is 661. The van der Waals surface area contributed by atoms with Gasteiger partial charge in [0.15, 0.2) is 0 Å². The molecular formula is C18H25N5O2. The highest BCUT2D eigenvalue weighted by atomic mass is 16.2.